The zero-order valence-corrected chi connectivity index (χ0v) is 69.2. The Bertz CT molecular complexity index is 1930. The van der Waals surface area contributed by atoms with Gasteiger partial charge in [-0.05, 0) is 64.2 Å². The summed E-state index contributed by atoms with van der Waals surface area (Å²) in [6.45, 7) is 4.71. The Hall–Kier alpha value is -3.27. The van der Waals surface area contributed by atoms with E-state index >= 15 is 0 Å². The molecule has 0 bridgehead atoms. The SMILES string of the molecule is CC/C=C\C/C=C\C/C=C\C/C=C\C/C=C\C/C=C\CCCCCCCCCCCCCCCCCCCCC(=O)OC(COC(=O)CCCCCCCCCCCCCCCCCCCCCCCCCCCCCCCCCCCCCCCCCCC)COC(OCC[N+](C)(C)C)C(=O)[O-]. The van der Waals surface area contributed by atoms with Gasteiger partial charge in [0, 0.05) is 12.8 Å². The molecule has 602 valence electrons. The molecule has 0 rings (SSSR count). The number of esters is 2. The van der Waals surface area contributed by atoms with Gasteiger partial charge in [0.1, 0.15) is 13.2 Å². The lowest BCUT2D eigenvalue weighted by Crippen LogP contribution is -2.44. The maximum Gasteiger partial charge on any atom is 0.306 e. The van der Waals surface area contributed by atoms with E-state index in [1.807, 2.05) is 21.1 Å². The van der Waals surface area contributed by atoms with E-state index in [0.717, 1.165) is 70.6 Å². The van der Waals surface area contributed by atoms with Crippen molar-refractivity contribution in [1.82, 2.24) is 0 Å². The molecule has 0 aromatic heterocycles. The van der Waals surface area contributed by atoms with Gasteiger partial charge < -0.3 is 33.3 Å². The third-order valence-electron chi connectivity index (χ3n) is 20.5. The van der Waals surface area contributed by atoms with Crippen LogP contribution in [0.25, 0.3) is 0 Å². The van der Waals surface area contributed by atoms with Crippen molar-refractivity contribution in [2.24, 2.45) is 0 Å². The van der Waals surface area contributed by atoms with E-state index in [9.17, 15) is 19.5 Å². The minimum absolute atomic E-state index is 0.149. The Labute approximate surface area is 640 Å². The molecule has 0 radical (unpaired) electrons. The number of carbonyl (C=O) groups is 3. The van der Waals surface area contributed by atoms with Crippen LogP contribution in [0.4, 0.5) is 0 Å². The van der Waals surface area contributed by atoms with Gasteiger partial charge in [-0.1, -0.05) is 446 Å². The second-order valence-electron chi connectivity index (χ2n) is 31.9. The second-order valence-corrected chi connectivity index (χ2v) is 31.9. The van der Waals surface area contributed by atoms with Crippen molar-refractivity contribution in [2.45, 2.75) is 463 Å². The predicted molar refractivity (Wildman–Crippen MR) is 445 cm³/mol. The Kier molecular flexibility index (Phi) is 81.7. The maximum absolute atomic E-state index is 13.0. The van der Waals surface area contributed by atoms with Gasteiger partial charge in [-0.15, -0.1) is 0 Å². The normalized spacial score (nSPS) is 12.9. The van der Waals surface area contributed by atoms with Crippen molar-refractivity contribution in [3.8, 4) is 0 Å². The summed E-state index contributed by atoms with van der Waals surface area (Å²) in [6, 6.07) is 0. The van der Waals surface area contributed by atoms with Gasteiger partial charge in [-0.2, -0.15) is 0 Å². The number of carboxylic acids is 1. The summed E-state index contributed by atoms with van der Waals surface area (Å²) < 4.78 is 22.9. The summed E-state index contributed by atoms with van der Waals surface area (Å²) in [5, 5.41) is 11.9. The number of ether oxygens (including phenoxy) is 4. The molecule has 0 amide bonds. The number of allylic oxidation sites excluding steroid dienone is 12. The highest BCUT2D eigenvalue weighted by atomic mass is 16.7. The Morgan fingerprint density at radius 1 is 0.301 bits per heavy atom. The van der Waals surface area contributed by atoms with E-state index in [0.29, 0.717) is 23.9 Å². The van der Waals surface area contributed by atoms with Gasteiger partial charge in [0.25, 0.3) is 0 Å². The minimum Gasteiger partial charge on any atom is -0.545 e. The molecule has 0 aliphatic heterocycles. The number of hydrogen-bond donors (Lipinski definition) is 0. The van der Waals surface area contributed by atoms with Crippen molar-refractivity contribution in [3.05, 3.63) is 72.9 Å². The van der Waals surface area contributed by atoms with Crippen LogP contribution < -0.4 is 5.11 Å². The average Bonchev–Trinajstić information content (AvgIpc) is 1.16. The molecule has 0 spiro atoms. The summed E-state index contributed by atoms with van der Waals surface area (Å²) in [7, 11) is 5.95. The number of hydrogen-bond acceptors (Lipinski definition) is 8. The van der Waals surface area contributed by atoms with Gasteiger partial charge in [0.15, 0.2) is 12.4 Å². The number of unbranched alkanes of at least 4 members (excludes halogenated alkanes) is 58. The predicted octanol–water partition coefficient (Wildman–Crippen LogP) is 28.2. The standard InChI is InChI=1S/C94H173NO8/c1-6-8-10-12-14-16-18-20-22-24-26-28-30-32-34-36-38-40-42-44-45-46-47-49-50-52-54-56-58-60-62-64-66-68-70-72-74-76-78-80-82-84-91(96)101-88-90(89-102-94(93(98)99)100-87-86-95(3,4)5)103-92(97)85-83-81-79-77-75-73-71-69-67-65-63-61-59-57-55-53-51-48-43-41-39-37-35-33-31-29-27-25-23-21-19-17-15-13-11-9-7-2/h9,11,15,17,21,23,27,29,33,35,39,41,90,94H,6-8,10,12-14,16,18-20,22,24-26,28,30-32,34,36-38,40,42-89H2,1-5H3/b11-9-,17-15-,23-21-,29-27-,35-33-,41-39-. The molecule has 2 unspecified atom stereocenters. The smallest absolute Gasteiger partial charge is 0.306 e. The molecule has 0 fully saturated rings. The number of nitrogens with zero attached hydrogens (tertiary/aromatic N) is 1. The molecule has 0 aromatic carbocycles. The molecule has 0 saturated carbocycles. The number of likely N-dealkylation sites (N-methyl/N-ethyl adjacent to an activating group) is 1. The van der Waals surface area contributed by atoms with E-state index in [1.54, 1.807) is 0 Å². The van der Waals surface area contributed by atoms with Crippen molar-refractivity contribution in [2.75, 3.05) is 47.5 Å². The van der Waals surface area contributed by atoms with E-state index in [4.69, 9.17) is 18.9 Å². The lowest BCUT2D eigenvalue weighted by atomic mass is 10.0. The van der Waals surface area contributed by atoms with Crippen LogP contribution in [0.5, 0.6) is 0 Å². The highest BCUT2D eigenvalue weighted by Crippen LogP contribution is 2.21. The third-order valence-corrected chi connectivity index (χ3v) is 20.5. The van der Waals surface area contributed by atoms with Crippen LogP contribution in [0, 0.1) is 0 Å². The highest BCUT2D eigenvalue weighted by molar-refractivity contribution is 5.70. The van der Waals surface area contributed by atoms with E-state index in [2.05, 4.69) is 86.8 Å². The van der Waals surface area contributed by atoms with E-state index < -0.39 is 24.3 Å². The van der Waals surface area contributed by atoms with Crippen molar-refractivity contribution < 1.29 is 42.9 Å². The molecule has 9 heteroatoms. The lowest BCUT2D eigenvalue weighted by molar-refractivity contribution is -0.870. The Morgan fingerprint density at radius 3 is 0.825 bits per heavy atom. The van der Waals surface area contributed by atoms with Crippen LogP contribution in [0.15, 0.2) is 72.9 Å². The first-order valence-electron chi connectivity index (χ1n) is 45.1. The molecule has 103 heavy (non-hydrogen) atoms. The van der Waals surface area contributed by atoms with Crippen molar-refractivity contribution in [3.63, 3.8) is 0 Å². The van der Waals surface area contributed by atoms with Crippen molar-refractivity contribution >= 4 is 17.9 Å². The van der Waals surface area contributed by atoms with E-state index in [-0.39, 0.29) is 32.2 Å². The van der Waals surface area contributed by atoms with Gasteiger partial charge in [0.2, 0.25) is 0 Å². The molecule has 0 heterocycles. The molecule has 0 aliphatic carbocycles. The van der Waals surface area contributed by atoms with E-state index in [1.165, 1.54) is 347 Å². The molecule has 9 nitrogen and oxygen atoms in total. The number of carboxylic acid groups (broad SMARTS) is 1. The molecule has 2 atom stereocenters. The van der Waals surface area contributed by atoms with Crippen LogP contribution in [0.3, 0.4) is 0 Å². The van der Waals surface area contributed by atoms with Crippen LogP contribution >= 0.6 is 0 Å². The first-order chi connectivity index (χ1) is 50.6. The molecular formula is C94H173NO8. The monoisotopic (exact) mass is 1440 g/mol. The van der Waals surface area contributed by atoms with Gasteiger partial charge in [-0.25, -0.2) is 0 Å². The Balaban J connectivity index is 3.90. The van der Waals surface area contributed by atoms with Gasteiger partial charge in [0.05, 0.1) is 40.3 Å². The average molecular weight is 1450 g/mol. The highest BCUT2D eigenvalue weighted by Gasteiger charge is 2.22. The molecule has 0 aromatic rings. The second kappa shape index (κ2) is 84.4. The number of carbonyl (C=O) groups excluding carboxylic acids is 3. The van der Waals surface area contributed by atoms with Crippen molar-refractivity contribution in [1.29, 1.82) is 0 Å². The number of quaternary nitrogens is 1. The first kappa shape index (κ1) is 99.7. The largest absolute Gasteiger partial charge is 0.545 e. The fourth-order valence-electron chi connectivity index (χ4n) is 13.7. The van der Waals surface area contributed by atoms with Crippen LogP contribution in [0.2, 0.25) is 0 Å². The quantitative estimate of drug-likeness (QED) is 0.0195. The third kappa shape index (κ3) is 85.9. The number of rotatable bonds is 85. The maximum atomic E-state index is 13.0. The van der Waals surface area contributed by atoms with Crippen LogP contribution in [-0.4, -0.2) is 82.3 Å². The summed E-state index contributed by atoms with van der Waals surface area (Å²) in [6.07, 6.45) is 112. The minimum atomic E-state index is -1.62. The zero-order valence-electron chi connectivity index (χ0n) is 69.2. The van der Waals surface area contributed by atoms with Gasteiger partial charge in [-0.3, -0.25) is 9.59 Å². The fraction of sp³-hybridized carbons (Fsp3) is 0.840. The van der Waals surface area contributed by atoms with Crippen LogP contribution in [-0.2, 0) is 33.3 Å². The lowest BCUT2D eigenvalue weighted by Gasteiger charge is -2.26. The zero-order chi connectivity index (χ0) is 74.6. The summed E-state index contributed by atoms with van der Waals surface area (Å²) in [4.78, 5) is 37.7. The summed E-state index contributed by atoms with van der Waals surface area (Å²) >= 11 is 0. The van der Waals surface area contributed by atoms with Crippen LogP contribution in [0.1, 0.15) is 450 Å². The summed E-state index contributed by atoms with van der Waals surface area (Å²) in [5.74, 6) is -2.25. The first-order valence-corrected chi connectivity index (χ1v) is 45.1. The molecule has 0 saturated heterocycles. The number of aliphatic carboxylic acids is 1. The molecule has 0 N–H and O–H groups in total. The fourth-order valence-corrected chi connectivity index (χ4v) is 13.7. The Morgan fingerprint density at radius 2 is 0.553 bits per heavy atom. The molecular weight excluding hydrogens is 1270 g/mol. The topological polar surface area (TPSA) is 111 Å². The molecule has 0 aliphatic rings. The summed E-state index contributed by atoms with van der Waals surface area (Å²) in [5.41, 5.74) is 0. The van der Waals surface area contributed by atoms with Gasteiger partial charge >= 0.3 is 11.9 Å².